The largest absolute Gasteiger partial charge is 0.508 e. The molecule has 0 aliphatic heterocycles. The molecule has 0 fully saturated rings. The van der Waals surface area contributed by atoms with E-state index in [1.54, 1.807) is 6.07 Å². The van der Waals surface area contributed by atoms with Gasteiger partial charge in [0.2, 0.25) is 0 Å². The van der Waals surface area contributed by atoms with Crippen molar-refractivity contribution in [2.45, 2.75) is 19.5 Å². The van der Waals surface area contributed by atoms with Gasteiger partial charge in [-0.05, 0) is 25.6 Å². The van der Waals surface area contributed by atoms with Crippen molar-refractivity contribution in [2.75, 3.05) is 7.05 Å². The minimum Gasteiger partial charge on any atom is -0.508 e. The first-order valence-electron chi connectivity index (χ1n) is 6.20. The fraction of sp³-hybridized carbons (Fsp3) is 0.250. The summed E-state index contributed by atoms with van der Waals surface area (Å²) in [5.41, 5.74) is 2.25. The van der Waals surface area contributed by atoms with E-state index >= 15 is 0 Å². The number of phenols is 1. The lowest BCUT2D eigenvalue weighted by Crippen LogP contribution is -2.21. The molecule has 0 heterocycles. The molecule has 2 aromatic rings. The van der Waals surface area contributed by atoms with E-state index in [1.807, 2.05) is 24.3 Å². The highest BCUT2D eigenvalue weighted by Crippen LogP contribution is 2.23. The van der Waals surface area contributed by atoms with Crippen molar-refractivity contribution in [1.82, 2.24) is 4.90 Å². The maximum absolute atomic E-state index is 9.79. The van der Waals surface area contributed by atoms with Gasteiger partial charge in [-0.15, -0.1) is 0 Å². The van der Waals surface area contributed by atoms with Crippen LogP contribution in [0.25, 0.3) is 0 Å². The molecule has 2 aromatic carbocycles. The highest BCUT2D eigenvalue weighted by Gasteiger charge is 2.12. The second-order valence-electron chi connectivity index (χ2n) is 4.63. The second-order valence-corrected chi connectivity index (χ2v) is 4.63. The molecule has 0 amide bonds. The molecule has 0 radical (unpaired) electrons. The lowest BCUT2D eigenvalue weighted by atomic mass is 10.1. The standard InChI is InChI=1S/C16H19NO/c1-13(14-8-4-3-5-9-14)17(2)12-15-10-6-7-11-16(15)18/h3-11,13,18H,12H2,1-2H3/t13-/m1/s1. The zero-order chi connectivity index (χ0) is 13.0. The van der Waals surface area contributed by atoms with Crippen LogP contribution in [-0.2, 0) is 6.54 Å². The SMILES string of the molecule is C[C@H](c1ccccc1)N(C)Cc1ccccc1O. The number of benzene rings is 2. The van der Waals surface area contributed by atoms with E-state index in [0.29, 0.717) is 11.8 Å². The summed E-state index contributed by atoms with van der Waals surface area (Å²) in [7, 11) is 2.07. The van der Waals surface area contributed by atoms with Gasteiger partial charge >= 0.3 is 0 Å². The first-order valence-corrected chi connectivity index (χ1v) is 6.20. The molecule has 0 saturated carbocycles. The van der Waals surface area contributed by atoms with Crippen molar-refractivity contribution in [3.8, 4) is 5.75 Å². The summed E-state index contributed by atoms with van der Waals surface area (Å²) in [6.45, 7) is 2.91. The summed E-state index contributed by atoms with van der Waals surface area (Å²) < 4.78 is 0. The number of hydrogen-bond donors (Lipinski definition) is 1. The molecule has 2 rings (SSSR count). The molecule has 18 heavy (non-hydrogen) atoms. The Balaban J connectivity index is 2.09. The van der Waals surface area contributed by atoms with Gasteiger partial charge in [0.15, 0.2) is 0 Å². The van der Waals surface area contributed by atoms with Gasteiger partial charge in [0.25, 0.3) is 0 Å². The van der Waals surface area contributed by atoms with Crippen LogP contribution in [0.4, 0.5) is 0 Å². The Hall–Kier alpha value is -1.80. The smallest absolute Gasteiger partial charge is 0.120 e. The number of phenolic OH excluding ortho intramolecular Hbond substituents is 1. The number of para-hydroxylation sites is 1. The summed E-state index contributed by atoms with van der Waals surface area (Å²) >= 11 is 0. The van der Waals surface area contributed by atoms with Crippen LogP contribution >= 0.6 is 0 Å². The van der Waals surface area contributed by atoms with Gasteiger partial charge in [0.05, 0.1) is 0 Å². The third-order valence-corrected chi connectivity index (χ3v) is 3.35. The number of nitrogens with zero attached hydrogens (tertiary/aromatic N) is 1. The molecular formula is C16H19NO. The zero-order valence-corrected chi connectivity index (χ0v) is 10.9. The Bertz CT molecular complexity index is 495. The average molecular weight is 241 g/mol. The van der Waals surface area contributed by atoms with Crippen molar-refractivity contribution in [3.05, 3.63) is 65.7 Å². The zero-order valence-electron chi connectivity index (χ0n) is 10.9. The van der Waals surface area contributed by atoms with Gasteiger partial charge < -0.3 is 5.11 Å². The fourth-order valence-corrected chi connectivity index (χ4v) is 2.04. The van der Waals surface area contributed by atoms with Gasteiger partial charge in [0, 0.05) is 18.2 Å². The van der Waals surface area contributed by atoms with Gasteiger partial charge in [-0.1, -0.05) is 48.5 Å². The Morgan fingerprint density at radius 2 is 1.61 bits per heavy atom. The van der Waals surface area contributed by atoms with Crippen molar-refractivity contribution in [1.29, 1.82) is 0 Å². The molecular weight excluding hydrogens is 222 g/mol. The minimum absolute atomic E-state index is 0.325. The highest BCUT2D eigenvalue weighted by molar-refractivity contribution is 5.31. The van der Waals surface area contributed by atoms with Gasteiger partial charge in [-0.25, -0.2) is 0 Å². The molecule has 0 saturated heterocycles. The maximum atomic E-state index is 9.79. The maximum Gasteiger partial charge on any atom is 0.120 e. The van der Waals surface area contributed by atoms with Crippen LogP contribution < -0.4 is 0 Å². The first-order chi connectivity index (χ1) is 8.68. The lowest BCUT2D eigenvalue weighted by Gasteiger charge is -2.25. The Labute approximate surface area is 109 Å². The predicted octanol–water partition coefficient (Wildman–Crippen LogP) is 3.59. The van der Waals surface area contributed by atoms with Crippen molar-refractivity contribution in [3.63, 3.8) is 0 Å². The van der Waals surface area contributed by atoms with Crippen LogP contribution in [0.15, 0.2) is 54.6 Å². The Morgan fingerprint density at radius 1 is 1.00 bits per heavy atom. The van der Waals surface area contributed by atoms with Gasteiger partial charge in [-0.3, -0.25) is 4.90 Å². The monoisotopic (exact) mass is 241 g/mol. The van der Waals surface area contributed by atoms with Crippen molar-refractivity contribution in [2.24, 2.45) is 0 Å². The number of aromatic hydroxyl groups is 1. The van der Waals surface area contributed by atoms with Crippen LogP contribution in [-0.4, -0.2) is 17.1 Å². The Morgan fingerprint density at radius 3 is 2.28 bits per heavy atom. The molecule has 2 heteroatoms. The molecule has 1 atom stereocenters. The van der Waals surface area contributed by atoms with Crippen LogP contribution in [0.3, 0.4) is 0 Å². The van der Waals surface area contributed by atoms with Crippen molar-refractivity contribution >= 4 is 0 Å². The molecule has 0 unspecified atom stereocenters. The minimum atomic E-state index is 0.325. The van der Waals surface area contributed by atoms with Gasteiger partial charge in [0.1, 0.15) is 5.75 Å². The topological polar surface area (TPSA) is 23.5 Å². The second kappa shape index (κ2) is 5.69. The third kappa shape index (κ3) is 2.90. The summed E-state index contributed by atoms with van der Waals surface area (Å²) in [6.07, 6.45) is 0. The summed E-state index contributed by atoms with van der Waals surface area (Å²) in [4.78, 5) is 2.23. The quantitative estimate of drug-likeness (QED) is 0.884. The average Bonchev–Trinajstić information content (AvgIpc) is 2.41. The first kappa shape index (κ1) is 12.7. The van der Waals surface area contributed by atoms with Crippen LogP contribution in [0.2, 0.25) is 0 Å². The molecule has 2 nitrogen and oxygen atoms in total. The predicted molar refractivity (Wildman–Crippen MR) is 74.4 cm³/mol. The molecule has 0 aliphatic rings. The van der Waals surface area contributed by atoms with E-state index < -0.39 is 0 Å². The summed E-state index contributed by atoms with van der Waals surface area (Å²) in [5, 5.41) is 9.79. The summed E-state index contributed by atoms with van der Waals surface area (Å²) in [6, 6.07) is 18.2. The van der Waals surface area contributed by atoms with E-state index in [-0.39, 0.29) is 0 Å². The number of hydrogen-bond acceptors (Lipinski definition) is 2. The lowest BCUT2D eigenvalue weighted by molar-refractivity contribution is 0.250. The molecule has 0 aromatic heterocycles. The van der Waals surface area contributed by atoms with Crippen molar-refractivity contribution < 1.29 is 5.11 Å². The van der Waals surface area contributed by atoms with E-state index in [4.69, 9.17) is 0 Å². The molecule has 0 spiro atoms. The van der Waals surface area contributed by atoms with E-state index in [2.05, 4.69) is 43.1 Å². The Kier molecular flexibility index (Phi) is 4.00. The third-order valence-electron chi connectivity index (χ3n) is 3.35. The van der Waals surface area contributed by atoms with Crippen LogP contribution in [0, 0.1) is 0 Å². The highest BCUT2D eigenvalue weighted by atomic mass is 16.3. The fourth-order valence-electron chi connectivity index (χ4n) is 2.04. The molecule has 0 aliphatic carbocycles. The normalized spacial score (nSPS) is 12.6. The van der Waals surface area contributed by atoms with E-state index in [9.17, 15) is 5.11 Å². The van der Waals surface area contributed by atoms with Crippen LogP contribution in [0.5, 0.6) is 5.75 Å². The summed E-state index contributed by atoms with van der Waals surface area (Å²) in [5.74, 6) is 0.365. The molecule has 94 valence electrons. The van der Waals surface area contributed by atoms with Gasteiger partial charge in [-0.2, -0.15) is 0 Å². The van der Waals surface area contributed by atoms with Crippen LogP contribution in [0.1, 0.15) is 24.1 Å². The van der Waals surface area contributed by atoms with E-state index in [0.717, 1.165) is 12.1 Å². The molecule has 0 bridgehead atoms. The van der Waals surface area contributed by atoms with E-state index in [1.165, 1.54) is 5.56 Å². The molecule has 1 N–H and O–H groups in total. The number of rotatable bonds is 4.